The van der Waals surface area contributed by atoms with Gasteiger partial charge >= 0.3 is 0 Å². The zero-order chi connectivity index (χ0) is 30.0. The fraction of sp³-hybridized carbons (Fsp3) is 0.368. The summed E-state index contributed by atoms with van der Waals surface area (Å²) in [5.41, 5.74) is 2.31. The maximum Gasteiger partial charge on any atom is 0.261 e. The van der Waals surface area contributed by atoms with Crippen LogP contribution in [0.5, 0.6) is 0 Å². The maximum atomic E-state index is 14.0. The van der Waals surface area contributed by atoms with E-state index in [4.69, 9.17) is 0 Å². The summed E-state index contributed by atoms with van der Waals surface area (Å²) in [5, 5.41) is 6.97. The highest BCUT2D eigenvalue weighted by molar-refractivity contribution is 6.41. The van der Waals surface area contributed by atoms with Crippen molar-refractivity contribution in [2.75, 3.05) is 0 Å². The second-order valence-corrected chi connectivity index (χ2v) is 13.8. The van der Waals surface area contributed by atoms with Crippen molar-refractivity contribution >= 4 is 66.7 Å². The molecule has 220 valence electrons. The van der Waals surface area contributed by atoms with Gasteiger partial charge in [0.25, 0.3) is 23.6 Å². The zero-order valence-electron chi connectivity index (χ0n) is 25.1. The number of hydrogen-bond donors (Lipinski definition) is 0. The first-order valence-electron chi connectivity index (χ1n) is 16.3. The van der Waals surface area contributed by atoms with E-state index in [1.54, 1.807) is 9.80 Å². The molecule has 0 aromatic heterocycles. The highest BCUT2D eigenvalue weighted by Gasteiger charge is 2.43. The van der Waals surface area contributed by atoms with Crippen LogP contribution < -0.4 is 0 Å². The van der Waals surface area contributed by atoms with Gasteiger partial charge in [0.2, 0.25) is 0 Å². The fourth-order valence-electron chi connectivity index (χ4n) is 9.27. The molecule has 0 radical (unpaired) electrons. The molecule has 2 fully saturated rings. The molecule has 4 atom stereocenters. The van der Waals surface area contributed by atoms with E-state index in [0.717, 1.165) is 94.5 Å². The van der Waals surface area contributed by atoms with Gasteiger partial charge in [-0.05, 0) is 94.1 Å². The summed E-state index contributed by atoms with van der Waals surface area (Å²) in [6.45, 7) is 4.30. The molecule has 2 aliphatic carbocycles. The molecular formula is C38H34N2O4. The Morgan fingerprint density at radius 1 is 0.432 bits per heavy atom. The Kier molecular flexibility index (Phi) is 5.40. The van der Waals surface area contributed by atoms with Crippen molar-refractivity contribution in [2.24, 2.45) is 11.8 Å². The molecule has 2 aliphatic heterocycles. The van der Waals surface area contributed by atoms with Crippen LogP contribution in [0.15, 0.2) is 48.5 Å². The third-order valence-corrected chi connectivity index (χ3v) is 11.5. The molecular weight excluding hydrogens is 548 g/mol. The molecule has 44 heavy (non-hydrogen) atoms. The van der Waals surface area contributed by atoms with Gasteiger partial charge in [-0.2, -0.15) is 0 Å². The molecule has 4 amide bonds. The monoisotopic (exact) mass is 582 g/mol. The Hall–Kier alpha value is -4.32. The average molecular weight is 583 g/mol. The zero-order valence-corrected chi connectivity index (χ0v) is 25.1. The van der Waals surface area contributed by atoms with Gasteiger partial charge in [0.1, 0.15) is 0 Å². The first kappa shape index (κ1) is 26.1. The van der Waals surface area contributed by atoms with Gasteiger partial charge in [-0.3, -0.25) is 29.0 Å². The van der Waals surface area contributed by atoms with Crippen molar-refractivity contribution in [3.05, 3.63) is 70.8 Å². The average Bonchev–Trinajstić information content (AvgIpc) is 3.03. The van der Waals surface area contributed by atoms with E-state index in [-0.39, 0.29) is 47.5 Å². The van der Waals surface area contributed by atoms with Crippen molar-refractivity contribution in [1.82, 2.24) is 9.80 Å². The van der Waals surface area contributed by atoms with E-state index in [1.165, 1.54) is 0 Å². The van der Waals surface area contributed by atoms with Gasteiger partial charge in [-0.15, -0.1) is 0 Å². The number of carbonyl (C=O) groups excluding carboxylic acids is 4. The van der Waals surface area contributed by atoms with E-state index in [9.17, 15) is 19.2 Å². The number of rotatable bonds is 2. The lowest BCUT2D eigenvalue weighted by Gasteiger charge is -2.40. The lowest BCUT2D eigenvalue weighted by Crippen LogP contribution is -2.50. The Labute approximate surface area is 255 Å². The van der Waals surface area contributed by atoms with Gasteiger partial charge in [0, 0.05) is 45.1 Å². The van der Waals surface area contributed by atoms with E-state index in [1.807, 2.05) is 48.5 Å². The summed E-state index contributed by atoms with van der Waals surface area (Å²) < 4.78 is 0. The number of hydrogen-bond acceptors (Lipinski definition) is 4. The summed E-state index contributed by atoms with van der Waals surface area (Å²) >= 11 is 0. The molecule has 2 saturated carbocycles. The predicted octanol–water partition coefficient (Wildman–Crippen LogP) is 8.09. The number of benzene rings is 5. The van der Waals surface area contributed by atoms with E-state index < -0.39 is 0 Å². The normalized spacial score (nSPS) is 25.8. The Morgan fingerprint density at radius 2 is 0.727 bits per heavy atom. The van der Waals surface area contributed by atoms with Crippen molar-refractivity contribution < 1.29 is 19.2 Å². The summed E-state index contributed by atoms with van der Waals surface area (Å²) in [6, 6.07) is 15.3. The second kappa shape index (κ2) is 9.10. The van der Waals surface area contributed by atoms with Crippen molar-refractivity contribution in [2.45, 2.75) is 77.3 Å². The summed E-state index contributed by atoms with van der Waals surface area (Å²) in [7, 11) is 0. The molecule has 0 N–H and O–H groups in total. The standard InChI is InChI=1S/C38H34N2O4/c1-19-7-3-5-9-29(19)39-35(41)25-15-11-21-23-13-17-27-34-28(38(44)40(37(27)43)30-10-6-4-8-20(30)2)18-14-24(32(23)34)22-12-16-26(36(39)42)33(25)31(21)22/h11-20,29-30H,3-10H2,1-2H3. The van der Waals surface area contributed by atoms with Gasteiger partial charge < -0.3 is 0 Å². The SMILES string of the molecule is CC1CCCCC1N1C(=O)c2ccc3c4ccc5c6c(ccc(c7ccc(c2c37)C1=O)c64)C(=O)N(C1CCCCC1C)C5=O. The molecule has 4 aliphatic rings. The van der Waals surface area contributed by atoms with Gasteiger partial charge in [0.15, 0.2) is 0 Å². The van der Waals surface area contributed by atoms with Crippen LogP contribution in [-0.2, 0) is 0 Å². The van der Waals surface area contributed by atoms with Crippen LogP contribution in [0.2, 0.25) is 0 Å². The molecule has 5 aromatic carbocycles. The first-order valence-corrected chi connectivity index (χ1v) is 16.3. The third-order valence-electron chi connectivity index (χ3n) is 11.5. The van der Waals surface area contributed by atoms with Crippen LogP contribution in [0.25, 0.3) is 43.1 Å². The summed E-state index contributed by atoms with van der Waals surface area (Å²) in [4.78, 5) is 59.3. The predicted molar refractivity (Wildman–Crippen MR) is 171 cm³/mol. The maximum absolute atomic E-state index is 14.0. The van der Waals surface area contributed by atoms with Crippen molar-refractivity contribution in [1.29, 1.82) is 0 Å². The number of nitrogens with zero attached hydrogens (tertiary/aromatic N) is 2. The molecule has 5 aromatic rings. The van der Waals surface area contributed by atoms with Crippen LogP contribution >= 0.6 is 0 Å². The molecule has 9 rings (SSSR count). The fourth-order valence-corrected chi connectivity index (χ4v) is 9.27. The van der Waals surface area contributed by atoms with Crippen LogP contribution in [0, 0.1) is 11.8 Å². The molecule has 0 saturated heterocycles. The second-order valence-electron chi connectivity index (χ2n) is 13.8. The lowest BCUT2D eigenvalue weighted by molar-refractivity contribution is 0.0426. The molecule has 0 bridgehead atoms. The largest absolute Gasteiger partial charge is 0.271 e. The number of amides is 4. The van der Waals surface area contributed by atoms with E-state index in [2.05, 4.69) is 13.8 Å². The number of fused-ring (bicyclic) bond motifs is 2. The highest BCUT2D eigenvalue weighted by atomic mass is 16.2. The number of carbonyl (C=O) groups is 4. The molecule has 0 spiro atoms. The van der Waals surface area contributed by atoms with E-state index in [0.29, 0.717) is 22.3 Å². The summed E-state index contributed by atoms with van der Waals surface area (Å²) in [6.07, 6.45) is 8.07. The van der Waals surface area contributed by atoms with Crippen molar-refractivity contribution in [3.63, 3.8) is 0 Å². The number of imide groups is 2. The minimum Gasteiger partial charge on any atom is -0.271 e. The highest BCUT2D eigenvalue weighted by Crippen LogP contribution is 2.47. The molecule has 6 heteroatoms. The Balaban J connectivity index is 1.28. The first-order chi connectivity index (χ1) is 21.4. The van der Waals surface area contributed by atoms with Crippen LogP contribution in [0.4, 0.5) is 0 Å². The van der Waals surface area contributed by atoms with E-state index >= 15 is 0 Å². The molecule has 2 heterocycles. The third kappa shape index (κ3) is 3.21. The minimum atomic E-state index is -0.200. The molecule has 6 nitrogen and oxygen atoms in total. The summed E-state index contributed by atoms with van der Waals surface area (Å²) in [5.74, 6) is -0.243. The quantitative estimate of drug-likeness (QED) is 0.120. The van der Waals surface area contributed by atoms with Crippen LogP contribution in [-0.4, -0.2) is 45.5 Å². The van der Waals surface area contributed by atoms with Gasteiger partial charge in [-0.25, -0.2) is 0 Å². The van der Waals surface area contributed by atoms with Crippen molar-refractivity contribution in [3.8, 4) is 0 Å². The topological polar surface area (TPSA) is 74.8 Å². The van der Waals surface area contributed by atoms with Gasteiger partial charge in [-0.1, -0.05) is 63.8 Å². The molecule has 4 unspecified atom stereocenters. The van der Waals surface area contributed by atoms with Crippen LogP contribution in [0.1, 0.15) is 107 Å². The Bertz CT molecular complexity index is 1860. The lowest BCUT2D eigenvalue weighted by atomic mass is 9.79. The van der Waals surface area contributed by atoms with Gasteiger partial charge in [0.05, 0.1) is 0 Å². The van der Waals surface area contributed by atoms with Crippen LogP contribution in [0.3, 0.4) is 0 Å². The minimum absolute atomic E-state index is 0.0812. The smallest absolute Gasteiger partial charge is 0.261 e. The Morgan fingerprint density at radius 3 is 1.02 bits per heavy atom.